The van der Waals surface area contributed by atoms with Gasteiger partial charge < -0.3 is 15.9 Å². The van der Waals surface area contributed by atoms with E-state index in [-0.39, 0.29) is 29.9 Å². The topological polar surface area (TPSA) is 110 Å². The van der Waals surface area contributed by atoms with Gasteiger partial charge in [0, 0.05) is 5.57 Å². The molecule has 3 rings (SSSR count). The molecule has 2 heterocycles. The van der Waals surface area contributed by atoms with Crippen molar-refractivity contribution in [3.63, 3.8) is 0 Å². The molecular formula is C11H12FN5O2. The molecule has 0 saturated heterocycles. The summed E-state index contributed by atoms with van der Waals surface area (Å²) in [7, 11) is 0. The minimum Gasteiger partial charge on any atom is -0.388 e. The smallest absolute Gasteiger partial charge is 0.195 e. The summed E-state index contributed by atoms with van der Waals surface area (Å²) in [6.45, 7) is 0. The first-order valence-corrected chi connectivity index (χ1v) is 5.73. The molecule has 0 aliphatic heterocycles. The molecule has 7 nitrogen and oxygen atoms in total. The fourth-order valence-electron chi connectivity index (χ4n) is 2.44. The van der Waals surface area contributed by atoms with Crippen molar-refractivity contribution in [2.45, 2.75) is 24.7 Å². The molecule has 100 valence electrons. The Kier molecular flexibility index (Phi) is 2.51. The molecule has 19 heavy (non-hydrogen) atoms. The van der Waals surface area contributed by atoms with Gasteiger partial charge in [0.1, 0.15) is 17.9 Å². The van der Waals surface area contributed by atoms with Gasteiger partial charge in [0.15, 0.2) is 17.2 Å². The van der Waals surface area contributed by atoms with E-state index < -0.39 is 11.8 Å². The summed E-state index contributed by atoms with van der Waals surface area (Å²) in [6.07, 6.45) is 2.18. The van der Waals surface area contributed by atoms with Gasteiger partial charge in [-0.1, -0.05) is 0 Å². The fourth-order valence-corrected chi connectivity index (χ4v) is 2.44. The van der Waals surface area contributed by atoms with Crippen molar-refractivity contribution in [2.75, 3.05) is 5.73 Å². The standard InChI is InChI=1S/C11H12FN5O2/c12-3-6-1-2-7(18)11(6,19)17-5-16-8-9(13)14-4-15-10(8)17/h3-5,7,18-19H,1-2H2,(H2,13,14,15)/b6-3+. The summed E-state index contributed by atoms with van der Waals surface area (Å²) >= 11 is 0. The first kappa shape index (κ1) is 12.0. The normalized spacial score (nSPS) is 29.4. The molecule has 2 atom stereocenters. The first-order valence-electron chi connectivity index (χ1n) is 5.73. The zero-order chi connectivity index (χ0) is 13.6. The van der Waals surface area contributed by atoms with E-state index in [0.717, 1.165) is 0 Å². The van der Waals surface area contributed by atoms with Crippen LogP contribution in [0.3, 0.4) is 0 Å². The SMILES string of the molecule is Nc1ncnc2c1ncn2C1(O)/C(=C/F)CCC1O. The largest absolute Gasteiger partial charge is 0.388 e. The molecule has 1 saturated carbocycles. The predicted molar refractivity (Wildman–Crippen MR) is 64.4 cm³/mol. The van der Waals surface area contributed by atoms with E-state index in [1.54, 1.807) is 0 Å². The zero-order valence-electron chi connectivity index (χ0n) is 9.86. The quantitative estimate of drug-likeness (QED) is 0.672. The number of imidazole rings is 1. The molecule has 2 aromatic rings. The molecule has 2 aromatic heterocycles. The molecule has 1 aliphatic rings. The van der Waals surface area contributed by atoms with Crippen LogP contribution in [0.15, 0.2) is 24.6 Å². The number of halogens is 1. The van der Waals surface area contributed by atoms with Crippen LogP contribution in [-0.4, -0.2) is 35.8 Å². The van der Waals surface area contributed by atoms with E-state index in [0.29, 0.717) is 11.8 Å². The van der Waals surface area contributed by atoms with Crippen LogP contribution in [0.4, 0.5) is 10.2 Å². The number of nitrogens with two attached hydrogens (primary N) is 1. The lowest BCUT2D eigenvalue weighted by atomic mass is 10.1. The summed E-state index contributed by atoms with van der Waals surface area (Å²) in [4.78, 5) is 11.8. The van der Waals surface area contributed by atoms with Crippen LogP contribution in [0.5, 0.6) is 0 Å². The lowest BCUT2D eigenvalue weighted by Crippen LogP contribution is -2.41. The van der Waals surface area contributed by atoms with Crippen molar-refractivity contribution in [1.29, 1.82) is 0 Å². The van der Waals surface area contributed by atoms with E-state index in [9.17, 15) is 14.6 Å². The Bertz CT molecular complexity index is 670. The number of aliphatic hydroxyl groups excluding tert-OH is 1. The van der Waals surface area contributed by atoms with Crippen LogP contribution in [0, 0.1) is 0 Å². The third kappa shape index (κ3) is 1.47. The Morgan fingerprint density at radius 3 is 3.00 bits per heavy atom. The molecule has 0 amide bonds. The molecule has 0 aromatic carbocycles. The summed E-state index contributed by atoms with van der Waals surface area (Å²) in [5, 5.41) is 20.6. The molecule has 1 fully saturated rings. The maximum absolute atomic E-state index is 12.9. The Morgan fingerprint density at radius 2 is 2.26 bits per heavy atom. The van der Waals surface area contributed by atoms with Crippen LogP contribution >= 0.6 is 0 Å². The lowest BCUT2D eigenvalue weighted by Gasteiger charge is -2.29. The Balaban J connectivity index is 2.27. The van der Waals surface area contributed by atoms with Crippen LogP contribution in [0.25, 0.3) is 11.2 Å². The van der Waals surface area contributed by atoms with Gasteiger partial charge in [0.2, 0.25) is 0 Å². The number of nitrogen functional groups attached to an aromatic ring is 1. The second-order valence-corrected chi connectivity index (χ2v) is 4.46. The van der Waals surface area contributed by atoms with Gasteiger partial charge in [-0.2, -0.15) is 0 Å². The molecule has 0 spiro atoms. The monoisotopic (exact) mass is 265 g/mol. The Labute approximate surface area is 107 Å². The highest BCUT2D eigenvalue weighted by molar-refractivity contribution is 5.81. The third-order valence-corrected chi connectivity index (χ3v) is 3.49. The third-order valence-electron chi connectivity index (χ3n) is 3.49. The summed E-state index contributed by atoms with van der Waals surface area (Å²) in [6, 6.07) is 0. The molecule has 1 aliphatic carbocycles. The van der Waals surface area contributed by atoms with Gasteiger partial charge in [-0.3, -0.25) is 4.57 Å². The second-order valence-electron chi connectivity index (χ2n) is 4.46. The lowest BCUT2D eigenvalue weighted by molar-refractivity contribution is -0.0861. The van der Waals surface area contributed by atoms with Crippen LogP contribution in [0.2, 0.25) is 0 Å². The molecule has 2 unspecified atom stereocenters. The van der Waals surface area contributed by atoms with Gasteiger partial charge in [0.25, 0.3) is 0 Å². The number of hydrogen-bond acceptors (Lipinski definition) is 6. The summed E-state index contributed by atoms with van der Waals surface area (Å²) < 4.78 is 14.1. The molecule has 0 radical (unpaired) electrons. The van der Waals surface area contributed by atoms with Crippen molar-refractivity contribution in [3.8, 4) is 0 Å². The fraction of sp³-hybridized carbons (Fsp3) is 0.364. The van der Waals surface area contributed by atoms with Gasteiger partial charge in [-0.25, -0.2) is 19.3 Å². The van der Waals surface area contributed by atoms with E-state index in [2.05, 4.69) is 15.0 Å². The van der Waals surface area contributed by atoms with Gasteiger partial charge in [-0.05, 0) is 12.8 Å². The molecule has 4 N–H and O–H groups in total. The predicted octanol–water partition coefficient (Wildman–Crippen LogP) is 0.0617. The zero-order valence-corrected chi connectivity index (χ0v) is 9.86. The average molecular weight is 265 g/mol. The second kappa shape index (κ2) is 3.97. The maximum atomic E-state index is 12.9. The maximum Gasteiger partial charge on any atom is 0.195 e. The number of rotatable bonds is 1. The molecular weight excluding hydrogens is 253 g/mol. The number of hydrogen-bond donors (Lipinski definition) is 3. The van der Waals surface area contributed by atoms with E-state index in [4.69, 9.17) is 5.73 Å². The van der Waals surface area contributed by atoms with Gasteiger partial charge >= 0.3 is 0 Å². The number of anilines is 1. The first-order chi connectivity index (χ1) is 9.09. The van der Waals surface area contributed by atoms with E-state index >= 15 is 0 Å². The summed E-state index contributed by atoms with van der Waals surface area (Å²) in [5.74, 6) is 0.158. The minimum absolute atomic E-state index is 0.0801. The van der Waals surface area contributed by atoms with Crippen molar-refractivity contribution in [1.82, 2.24) is 19.5 Å². The molecule has 0 bridgehead atoms. The molecule has 8 heteroatoms. The van der Waals surface area contributed by atoms with Crippen LogP contribution < -0.4 is 5.73 Å². The van der Waals surface area contributed by atoms with E-state index in [1.807, 2.05) is 0 Å². The number of fused-ring (bicyclic) bond motifs is 1. The van der Waals surface area contributed by atoms with E-state index in [1.165, 1.54) is 17.2 Å². The van der Waals surface area contributed by atoms with Crippen molar-refractivity contribution in [2.24, 2.45) is 0 Å². The highest BCUT2D eigenvalue weighted by atomic mass is 19.1. The van der Waals surface area contributed by atoms with Gasteiger partial charge in [0.05, 0.1) is 12.7 Å². The Morgan fingerprint density at radius 1 is 1.47 bits per heavy atom. The average Bonchev–Trinajstić information content (AvgIpc) is 2.94. The number of nitrogens with zero attached hydrogens (tertiary/aromatic N) is 4. The van der Waals surface area contributed by atoms with Crippen molar-refractivity contribution in [3.05, 3.63) is 24.6 Å². The highest BCUT2D eigenvalue weighted by Gasteiger charge is 2.47. The van der Waals surface area contributed by atoms with Crippen LogP contribution in [-0.2, 0) is 5.72 Å². The number of aromatic nitrogens is 4. The highest BCUT2D eigenvalue weighted by Crippen LogP contribution is 2.41. The summed E-state index contributed by atoms with van der Waals surface area (Å²) in [5.41, 5.74) is 4.39. The van der Waals surface area contributed by atoms with Crippen LogP contribution in [0.1, 0.15) is 12.8 Å². The van der Waals surface area contributed by atoms with Gasteiger partial charge in [-0.15, -0.1) is 0 Å². The minimum atomic E-state index is -1.88. The van der Waals surface area contributed by atoms with Crippen molar-refractivity contribution < 1.29 is 14.6 Å². The number of aliphatic hydroxyl groups is 2. The van der Waals surface area contributed by atoms with Crippen molar-refractivity contribution >= 4 is 17.0 Å². The Hall–Kier alpha value is -2.06.